The summed E-state index contributed by atoms with van der Waals surface area (Å²) in [5.41, 5.74) is 2.61. The van der Waals surface area contributed by atoms with Crippen molar-refractivity contribution < 1.29 is 83.7 Å². The number of carbonyl (C=O) groups is 4. The maximum atomic E-state index is 12.3. The van der Waals surface area contributed by atoms with Gasteiger partial charge in [0.05, 0.1) is 23.1 Å². The van der Waals surface area contributed by atoms with Gasteiger partial charge in [-0.15, -0.1) is 0 Å². The number of phenols is 1. The van der Waals surface area contributed by atoms with Crippen molar-refractivity contribution in [2.24, 2.45) is 0 Å². The molecule has 0 spiro atoms. The van der Waals surface area contributed by atoms with Crippen molar-refractivity contribution in [1.82, 2.24) is 0 Å². The van der Waals surface area contributed by atoms with Crippen molar-refractivity contribution in [1.29, 1.82) is 0 Å². The van der Waals surface area contributed by atoms with Crippen molar-refractivity contribution in [3.63, 3.8) is 0 Å². The number of ether oxygens (including phenoxy) is 6. The number of esters is 1. The first-order valence-electron chi connectivity index (χ1n) is 16.3. The van der Waals surface area contributed by atoms with Crippen LogP contribution >= 0.6 is 0 Å². The van der Waals surface area contributed by atoms with E-state index in [9.17, 15) is 24.3 Å². The van der Waals surface area contributed by atoms with E-state index in [1.165, 1.54) is 40.1 Å². The molecule has 0 atom stereocenters. The average molecular weight is 725 g/mol. The van der Waals surface area contributed by atoms with E-state index in [0.717, 1.165) is 18.8 Å². The molecule has 52 heavy (non-hydrogen) atoms. The number of methoxy groups -OCH3 is 2. The van der Waals surface area contributed by atoms with Gasteiger partial charge in [-0.05, 0) is 69.0 Å². The summed E-state index contributed by atoms with van der Waals surface area (Å²) >= 11 is 0. The predicted octanol–water partition coefficient (Wildman–Crippen LogP) is 4.45. The third kappa shape index (κ3) is 13.3. The van der Waals surface area contributed by atoms with E-state index >= 15 is 0 Å². The van der Waals surface area contributed by atoms with Crippen LogP contribution in [0.25, 0.3) is 0 Å². The molecule has 4 aromatic carbocycles. The molecule has 1 aliphatic heterocycles. The first-order valence-corrected chi connectivity index (χ1v) is 16.3. The minimum atomic E-state index is -0.555. The maximum Gasteiger partial charge on any atom is 1.00 e. The molecule has 0 amide bonds. The quantitative estimate of drug-likeness (QED) is 0.0522. The van der Waals surface area contributed by atoms with Crippen LogP contribution in [0.4, 0.5) is 0 Å². The number of phenolic OH excluding ortho intramolecular Hbond substituents is 1. The second-order valence-electron chi connectivity index (χ2n) is 11.3. The smallest absolute Gasteiger partial charge is 1.00 e. The van der Waals surface area contributed by atoms with Gasteiger partial charge in [-0.1, -0.05) is 60.7 Å². The van der Waals surface area contributed by atoms with Gasteiger partial charge in [0, 0.05) is 33.0 Å². The van der Waals surface area contributed by atoms with Crippen LogP contribution < -0.4 is 43.8 Å². The minimum Gasteiger partial charge on any atom is -1.00 e. The van der Waals surface area contributed by atoms with E-state index in [-0.39, 0.29) is 90.9 Å². The summed E-state index contributed by atoms with van der Waals surface area (Å²) < 4.78 is 30.9. The van der Waals surface area contributed by atoms with Crippen molar-refractivity contribution in [3.8, 4) is 23.0 Å². The van der Waals surface area contributed by atoms with E-state index in [0.29, 0.717) is 22.4 Å². The standard InChI is InChI=1S/2C18H18O5.C4H8O.Na.H/c1-12-9-10-15(13(2)19)17(16(12)22-11-21-3)23-18(20)14-7-5-4-6-8-14;1-12-8-9-14(17(21)18(12)23-11-22-2)16(20)10-15(19)13-6-4-3-5-7-13;1-2-4-5-3-1;;/h4-10H,11H2,1-3H3;3-9,21H,10-11H2,1-2H3;1-4H2;;/q;;;+1;-1. The van der Waals surface area contributed by atoms with Gasteiger partial charge in [0.25, 0.3) is 0 Å². The van der Waals surface area contributed by atoms with E-state index in [2.05, 4.69) is 0 Å². The fourth-order valence-corrected chi connectivity index (χ4v) is 4.74. The summed E-state index contributed by atoms with van der Waals surface area (Å²) in [7, 11) is 2.94. The zero-order chi connectivity index (χ0) is 37.2. The second-order valence-corrected chi connectivity index (χ2v) is 11.3. The molecule has 0 radical (unpaired) electrons. The molecule has 272 valence electrons. The predicted molar refractivity (Wildman–Crippen MR) is 191 cm³/mol. The molecule has 5 rings (SSSR count). The van der Waals surface area contributed by atoms with Gasteiger partial charge in [-0.25, -0.2) is 4.79 Å². The van der Waals surface area contributed by atoms with E-state index in [1.807, 2.05) is 0 Å². The molecular formula is C40H45NaO11. The molecule has 12 heteroatoms. The fraction of sp³-hybridized carbons (Fsp3) is 0.300. The van der Waals surface area contributed by atoms with Crippen molar-refractivity contribution in [3.05, 3.63) is 118 Å². The van der Waals surface area contributed by atoms with Gasteiger partial charge in [-0.3, -0.25) is 14.4 Å². The minimum absolute atomic E-state index is 0. The van der Waals surface area contributed by atoms with Crippen LogP contribution in [0.15, 0.2) is 84.9 Å². The largest absolute Gasteiger partial charge is 1.00 e. The number of benzene rings is 4. The molecule has 0 aliphatic carbocycles. The second kappa shape index (κ2) is 23.3. The topological polar surface area (TPSA) is 144 Å². The molecular weight excluding hydrogens is 679 g/mol. The van der Waals surface area contributed by atoms with Crippen LogP contribution in [0, 0.1) is 13.8 Å². The Bertz CT molecular complexity index is 1750. The molecule has 0 aromatic heterocycles. The molecule has 1 saturated heterocycles. The Balaban J connectivity index is 0.000000452. The molecule has 1 aliphatic rings. The van der Waals surface area contributed by atoms with E-state index in [1.54, 1.807) is 92.7 Å². The molecule has 0 bridgehead atoms. The Morgan fingerprint density at radius 3 is 1.67 bits per heavy atom. The normalized spacial score (nSPS) is 11.4. The number of aromatic hydroxyl groups is 1. The van der Waals surface area contributed by atoms with Crippen LogP contribution in [-0.2, 0) is 14.2 Å². The molecule has 0 unspecified atom stereocenters. The first kappa shape index (κ1) is 43.8. The van der Waals surface area contributed by atoms with Crippen LogP contribution in [0.5, 0.6) is 23.0 Å². The van der Waals surface area contributed by atoms with E-state index in [4.69, 9.17) is 28.4 Å². The molecule has 0 saturated carbocycles. The van der Waals surface area contributed by atoms with Crippen LogP contribution in [0.1, 0.15) is 80.2 Å². The molecule has 11 nitrogen and oxygen atoms in total. The van der Waals surface area contributed by atoms with Gasteiger partial charge < -0.3 is 35.0 Å². The summed E-state index contributed by atoms with van der Waals surface area (Å²) in [5, 5.41) is 10.2. The number of Topliss-reactive ketones (excluding diaryl/α,β-unsaturated/α-hetero) is 3. The molecule has 4 aromatic rings. The van der Waals surface area contributed by atoms with Gasteiger partial charge in [0.15, 0.2) is 53.9 Å². The van der Waals surface area contributed by atoms with Crippen LogP contribution in [-0.4, -0.2) is 69.4 Å². The summed E-state index contributed by atoms with van der Waals surface area (Å²) in [6.45, 7) is 6.89. The van der Waals surface area contributed by atoms with Crippen molar-refractivity contribution >= 4 is 23.3 Å². The zero-order valence-electron chi connectivity index (χ0n) is 31.6. The summed E-state index contributed by atoms with van der Waals surface area (Å²) in [5.74, 6) is -1.18. The third-order valence-corrected chi connectivity index (χ3v) is 7.41. The Morgan fingerprint density at radius 1 is 0.673 bits per heavy atom. The van der Waals surface area contributed by atoms with Crippen LogP contribution in [0.3, 0.4) is 0 Å². The summed E-state index contributed by atoms with van der Waals surface area (Å²) in [6.07, 6.45) is 2.24. The van der Waals surface area contributed by atoms with Crippen LogP contribution in [0.2, 0.25) is 0 Å². The molecule has 1 fully saturated rings. The monoisotopic (exact) mass is 724 g/mol. The summed E-state index contributed by atoms with van der Waals surface area (Å²) in [4.78, 5) is 48.6. The average Bonchev–Trinajstić information content (AvgIpc) is 3.73. The summed E-state index contributed by atoms with van der Waals surface area (Å²) in [6, 6.07) is 23.6. The number of hydrogen-bond donors (Lipinski definition) is 1. The first-order chi connectivity index (χ1) is 24.6. The van der Waals surface area contributed by atoms with E-state index < -0.39 is 11.8 Å². The Kier molecular flexibility index (Phi) is 19.6. The number of ketones is 3. The SMILES string of the molecule is C1CCOC1.COCOc1c(C)ccc(C(=O)CC(=O)c2ccccc2)c1O.COCOc1c(C)ccc(C(C)=O)c1OC(=O)c1ccccc1.[H-].[Na+]. The third-order valence-electron chi connectivity index (χ3n) is 7.41. The maximum absolute atomic E-state index is 12.3. The molecule has 1 N–H and O–H groups in total. The van der Waals surface area contributed by atoms with Gasteiger partial charge >= 0.3 is 35.5 Å². The van der Waals surface area contributed by atoms with Crippen molar-refractivity contribution in [2.75, 3.05) is 41.0 Å². The number of rotatable bonds is 13. The Morgan fingerprint density at radius 2 is 1.17 bits per heavy atom. The number of carbonyl (C=O) groups excluding carboxylic acids is 4. The van der Waals surface area contributed by atoms with Gasteiger partial charge in [0.1, 0.15) is 0 Å². The molecule has 1 heterocycles. The van der Waals surface area contributed by atoms with Gasteiger partial charge in [0.2, 0.25) is 0 Å². The number of aryl methyl sites for hydroxylation is 2. The number of hydrogen-bond acceptors (Lipinski definition) is 11. The van der Waals surface area contributed by atoms with Gasteiger partial charge in [-0.2, -0.15) is 0 Å². The zero-order valence-corrected chi connectivity index (χ0v) is 32.6. The Hall–Kier alpha value is -4.36. The fourth-order valence-electron chi connectivity index (χ4n) is 4.74. The Labute approximate surface area is 327 Å². The van der Waals surface area contributed by atoms with Crippen molar-refractivity contribution in [2.45, 2.75) is 40.0 Å².